The molecule has 0 bridgehead atoms. The van der Waals surface area contributed by atoms with Gasteiger partial charge in [0.15, 0.2) is 0 Å². The number of hydrogen-bond donors (Lipinski definition) is 1. The van der Waals surface area contributed by atoms with Crippen molar-refractivity contribution in [1.29, 1.82) is 0 Å². The van der Waals surface area contributed by atoms with E-state index in [0.29, 0.717) is 18.2 Å². The van der Waals surface area contributed by atoms with E-state index < -0.39 is 0 Å². The molecule has 1 unspecified atom stereocenters. The third-order valence-corrected chi connectivity index (χ3v) is 3.77. The van der Waals surface area contributed by atoms with Crippen LogP contribution in [-0.2, 0) is 13.1 Å². The predicted octanol–water partition coefficient (Wildman–Crippen LogP) is 2.47. The normalized spacial score (nSPS) is 13.1. The quantitative estimate of drug-likeness (QED) is 0.848. The summed E-state index contributed by atoms with van der Waals surface area (Å²) in [5.74, 6) is 0.896. The van der Waals surface area contributed by atoms with Crippen LogP contribution in [0.5, 0.6) is 0 Å². The number of thioether (sulfide) groups is 1. The lowest BCUT2D eigenvalue weighted by Crippen LogP contribution is -2.30. The number of nitrogens with zero attached hydrogens (tertiary/aromatic N) is 1. The van der Waals surface area contributed by atoms with Crippen LogP contribution in [0, 0.1) is 5.82 Å². The molecule has 1 aromatic carbocycles. The first-order chi connectivity index (χ1) is 8.10. The van der Waals surface area contributed by atoms with Crippen LogP contribution < -0.4 is 5.73 Å². The number of nitrogens with two attached hydrogens (primary N) is 1. The Hall–Kier alpha value is -0.580. The minimum atomic E-state index is -0.154. The van der Waals surface area contributed by atoms with Crippen LogP contribution >= 0.6 is 11.8 Å². The first-order valence-electron chi connectivity index (χ1n) is 5.75. The van der Waals surface area contributed by atoms with Crippen LogP contribution in [-0.4, -0.2) is 30.0 Å². The van der Waals surface area contributed by atoms with Gasteiger partial charge in [-0.15, -0.1) is 0 Å². The van der Waals surface area contributed by atoms with E-state index in [0.717, 1.165) is 11.3 Å². The van der Waals surface area contributed by atoms with Gasteiger partial charge in [0.05, 0.1) is 0 Å². The van der Waals surface area contributed by atoms with E-state index in [2.05, 4.69) is 18.1 Å². The molecule has 0 spiro atoms. The van der Waals surface area contributed by atoms with Crippen LogP contribution in [0.15, 0.2) is 18.2 Å². The van der Waals surface area contributed by atoms with Gasteiger partial charge in [-0.25, -0.2) is 4.39 Å². The second-order valence-electron chi connectivity index (χ2n) is 4.31. The second-order valence-corrected chi connectivity index (χ2v) is 5.22. The van der Waals surface area contributed by atoms with Crippen molar-refractivity contribution >= 4 is 11.8 Å². The molecule has 0 aliphatic heterocycles. The van der Waals surface area contributed by atoms with Crippen molar-refractivity contribution in [3.63, 3.8) is 0 Å². The summed E-state index contributed by atoms with van der Waals surface area (Å²) in [5, 5.41) is 0. The molecule has 17 heavy (non-hydrogen) atoms. The molecular formula is C13H21FN2S. The van der Waals surface area contributed by atoms with Gasteiger partial charge in [-0.2, -0.15) is 11.8 Å². The summed E-state index contributed by atoms with van der Waals surface area (Å²) in [4.78, 5) is 2.16. The van der Waals surface area contributed by atoms with Gasteiger partial charge in [-0.05, 0) is 20.2 Å². The van der Waals surface area contributed by atoms with Crippen molar-refractivity contribution in [2.45, 2.75) is 26.1 Å². The summed E-state index contributed by atoms with van der Waals surface area (Å²) in [6.45, 7) is 3.03. The van der Waals surface area contributed by atoms with Crippen molar-refractivity contribution in [3.05, 3.63) is 35.1 Å². The largest absolute Gasteiger partial charge is 0.326 e. The molecule has 1 rings (SSSR count). The van der Waals surface area contributed by atoms with Crippen molar-refractivity contribution in [2.75, 3.05) is 19.1 Å². The smallest absolute Gasteiger partial charge is 0.132 e. The van der Waals surface area contributed by atoms with Crippen LogP contribution in [0.25, 0.3) is 0 Å². The maximum atomic E-state index is 14.0. The molecule has 2 nitrogen and oxygen atoms in total. The average molecular weight is 256 g/mol. The molecule has 0 saturated heterocycles. The summed E-state index contributed by atoms with van der Waals surface area (Å²) in [6, 6.07) is 5.88. The topological polar surface area (TPSA) is 29.3 Å². The number of hydrogen-bond acceptors (Lipinski definition) is 3. The van der Waals surface area contributed by atoms with E-state index in [4.69, 9.17) is 5.73 Å². The Labute approximate surface area is 107 Å². The minimum Gasteiger partial charge on any atom is -0.326 e. The molecular weight excluding hydrogens is 235 g/mol. The zero-order valence-corrected chi connectivity index (χ0v) is 11.6. The molecule has 0 saturated carbocycles. The third kappa shape index (κ3) is 3.98. The van der Waals surface area contributed by atoms with Crippen molar-refractivity contribution in [1.82, 2.24) is 4.90 Å². The van der Waals surface area contributed by atoms with E-state index >= 15 is 0 Å². The van der Waals surface area contributed by atoms with Crippen molar-refractivity contribution in [2.24, 2.45) is 5.73 Å². The summed E-state index contributed by atoms with van der Waals surface area (Å²) in [5.41, 5.74) is 6.82. The molecule has 4 heteroatoms. The van der Waals surface area contributed by atoms with Gasteiger partial charge in [0, 0.05) is 36.0 Å². The molecule has 0 aliphatic carbocycles. The lowest BCUT2D eigenvalue weighted by atomic mass is 10.1. The highest BCUT2D eigenvalue weighted by molar-refractivity contribution is 7.98. The number of rotatable bonds is 6. The van der Waals surface area contributed by atoms with E-state index in [1.807, 2.05) is 19.2 Å². The molecule has 0 radical (unpaired) electrons. The second kappa shape index (κ2) is 6.99. The van der Waals surface area contributed by atoms with Gasteiger partial charge in [-0.1, -0.05) is 18.2 Å². The Morgan fingerprint density at radius 3 is 2.65 bits per heavy atom. The lowest BCUT2D eigenvalue weighted by molar-refractivity contribution is 0.265. The maximum absolute atomic E-state index is 14.0. The SMILES string of the molecule is CSCC(C)N(C)Cc1cccc(CN)c1F. The molecule has 1 atom stereocenters. The van der Waals surface area contributed by atoms with Crippen LogP contribution in [0.3, 0.4) is 0 Å². The third-order valence-electron chi connectivity index (χ3n) is 2.96. The first-order valence-corrected chi connectivity index (χ1v) is 7.15. The Morgan fingerprint density at radius 1 is 1.41 bits per heavy atom. The monoisotopic (exact) mass is 256 g/mol. The molecule has 0 amide bonds. The van der Waals surface area contributed by atoms with Gasteiger partial charge in [-0.3, -0.25) is 4.90 Å². The Balaban J connectivity index is 2.74. The molecule has 96 valence electrons. The molecule has 0 aliphatic rings. The molecule has 0 aromatic heterocycles. The Morgan fingerprint density at radius 2 is 2.06 bits per heavy atom. The van der Waals surface area contributed by atoms with Gasteiger partial charge in [0.2, 0.25) is 0 Å². The van der Waals surface area contributed by atoms with Gasteiger partial charge >= 0.3 is 0 Å². The van der Waals surface area contributed by atoms with Crippen LogP contribution in [0.2, 0.25) is 0 Å². The summed E-state index contributed by atoms with van der Waals surface area (Å²) < 4.78 is 14.0. The maximum Gasteiger partial charge on any atom is 0.132 e. The van der Waals surface area contributed by atoms with Gasteiger partial charge in [0.25, 0.3) is 0 Å². The Bertz CT molecular complexity index is 357. The lowest BCUT2D eigenvalue weighted by Gasteiger charge is -2.24. The minimum absolute atomic E-state index is 0.154. The molecule has 0 heterocycles. The van der Waals surface area contributed by atoms with E-state index in [1.165, 1.54) is 0 Å². The van der Waals surface area contributed by atoms with Gasteiger partial charge < -0.3 is 5.73 Å². The van der Waals surface area contributed by atoms with Crippen LogP contribution in [0.4, 0.5) is 4.39 Å². The highest BCUT2D eigenvalue weighted by Gasteiger charge is 2.12. The molecule has 2 N–H and O–H groups in total. The summed E-state index contributed by atoms with van der Waals surface area (Å²) in [6.07, 6.45) is 2.08. The fourth-order valence-corrected chi connectivity index (χ4v) is 2.44. The fraction of sp³-hybridized carbons (Fsp3) is 0.538. The van der Waals surface area contributed by atoms with E-state index in [9.17, 15) is 4.39 Å². The van der Waals surface area contributed by atoms with Gasteiger partial charge in [0.1, 0.15) is 5.82 Å². The van der Waals surface area contributed by atoms with Crippen molar-refractivity contribution in [3.8, 4) is 0 Å². The standard InChI is InChI=1S/C13H21FN2S/c1-10(9-17-3)16(2)8-12-6-4-5-11(7-15)13(12)14/h4-6,10H,7-9,15H2,1-3H3. The summed E-state index contributed by atoms with van der Waals surface area (Å²) >= 11 is 1.81. The Kier molecular flexibility index (Phi) is 5.95. The number of benzene rings is 1. The highest BCUT2D eigenvalue weighted by Crippen LogP contribution is 2.16. The zero-order valence-electron chi connectivity index (χ0n) is 10.7. The predicted molar refractivity (Wildman–Crippen MR) is 73.6 cm³/mol. The zero-order chi connectivity index (χ0) is 12.8. The van der Waals surface area contributed by atoms with Crippen molar-refractivity contribution < 1.29 is 4.39 Å². The molecule has 0 fully saturated rings. The van der Waals surface area contributed by atoms with Crippen LogP contribution in [0.1, 0.15) is 18.1 Å². The first kappa shape index (κ1) is 14.5. The number of halogens is 1. The van der Waals surface area contributed by atoms with E-state index in [-0.39, 0.29) is 12.4 Å². The average Bonchev–Trinajstić information content (AvgIpc) is 2.32. The van der Waals surface area contributed by atoms with E-state index in [1.54, 1.807) is 17.8 Å². The molecule has 1 aromatic rings. The fourth-order valence-electron chi connectivity index (χ4n) is 1.71. The highest BCUT2D eigenvalue weighted by atomic mass is 32.2. The summed E-state index contributed by atoms with van der Waals surface area (Å²) in [7, 11) is 2.02.